The minimum atomic E-state index is -1.54. The van der Waals surface area contributed by atoms with Crippen LogP contribution < -0.4 is 0 Å². The van der Waals surface area contributed by atoms with Gasteiger partial charge in [-0.3, -0.25) is 19.3 Å². The number of likely N-dealkylation sites (tertiary alicyclic amines) is 1. The molecule has 2 atom stereocenters. The fourth-order valence-corrected chi connectivity index (χ4v) is 1.59. The van der Waals surface area contributed by atoms with Crippen molar-refractivity contribution in [3.8, 4) is 0 Å². The first kappa shape index (κ1) is 13.1. The van der Waals surface area contributed by atoms with Crippen LogP contribution in [0.25, 0.3) is 0 Å². The molecule has 1 aliphatic rings. The Balaban J connectivity index is 2.84. The molecule has 1 heterocycles. The SMILES string of the molecule is O=C(O)CCC(C(=O)O)N1C(=O)CC(O)C1=O. The van der Waals surface area contributed by atoms with Crippen molar-refractivity contribution in [3.05, 3.63) is 0 Å². The first-order chi connectivity index (χ1) is 7.84. The van der Waals surface area contributed by atoms with Crippen LogP contribution in [0.1, 0.15) is 19.3 Å². The van der Waals surface area contributed by atoms with Crippen molar-refractivity contribution in [3.63, 3.8) is 0 Å². The van der Waals surface area contributed by atoms with E-state index in [0.717, 1.165) is 0 Å². The van der Waals surface area contributed by atoms with Crippen molar-refractivity contribution in [2.45, 2.75) is 31.4 Å². The molecule has 0 aromatic rings. The van der Waals surface area contributed by atoms with Gasteiger partial charge in [-0.2, -0.15) is 0 Å². The molecule has 8 heteroatoms. The average molecular weight is 245 g/mol. The summed E-state index contributed by atoms with van der Waals surface area (Å²) in [6.45, 7) is 0. The highest BCUT2D eigenvalue weighted by molar-refractivity contribution is 6.07. The monoisotopic (exact) mass is 245 g/mol. The third-order valence-corrected chi connectivity index (χ3v) is 2.39. The summed E-state index contributed by atoms with van der Waals surface area (Å²) in [5.41, 5.74) is 0. The number of carboxylic acids is 2. The number of imide groups is 1. The molecule has 0 aromatic heterocycles. The van der Waals surface area contributed by atoms with Crippen LogP contribution in [0.2, 0.25) is 0 Å². The molecule has 0 aliphatic carbocycles. The van der Waals surface area contributed by atoms with E-state index in [1.54, 1.807) is 0 Å². The summed E-state index contributed by atoms with van der Waals surface area (Å²) in [7, 11) is 0. The summed E-state index contributed by atoms with van der Waals surface area (Å²) in [5, 5.41) is 26.4. The maximum atomic E-state index is 11.4. The van der Waals surface area contributed by atoms with E-state index in [0.29, 0.717) is 4.90 Å². The highest BCUT2D eigenvalue weighted by Crippen LogP contribution is 2.19. The standard InChI is InChI=1S/C9H11NO7/c11-5-3-6(12)10(8(5)15)4(9(16)17)1-2-7(13)14/h4-5,11H,1-3H2,(H,13,14)(H,16,17). The summed E-state index contributed by atoms with van der Waals surface area (Å²) in [4.78, 5) is 44.3. The molecule has 1 aliphatic heterocycles. The lowest BCUT2D eigenvalue weighted by Crippen LogP contribution is -2.46. The molecule has 0 aromatic carbocycles. The van der Waals surface area contributed by atoms with E-state index in [1.807, 2.05) is 0 Å². The molecule has 1 fully saturated rings. The van der Waals surface area contributed by atoms with Gasteiger partial charge in [-0.1, -0.05) is 0 Å². The number of aliphatic hydroxyl groups excluding tert-OH is 1. The van der Waals surface area contributed by atoms with Crippen LogP contribution in [-0.4, -0.2) is 56.1 Å². The second-order valence-corrected chi connectivity index (χ2v) is 3.61. The van der Waals surface area contributed by atoms with Gasteiger partial charge in [-0.05, 0) is 6.42 Å². The van der Waals surface area contributed by atoms with E-state index in [9.17, 15) is 19.2 Å². The number of aliphatic carboxylic acids is 2. The summed E-state index contributed by atoms with van der Waals surface area (Å²) in [5.74, 6) is -4.49. The number of carbonyl (C=O) groups excluding carboxylic acids is 2. The number of amides is 2. The minimum Gasteiger partial charge on any atom is -0.481 e. The van der Waals surface area contributed by atoms with Gasteiger partial charge in [0.15, 0.2) is 0 Å². The van der Waals surface area contributed by atoms with Crippen LogP contribution in [0.15, 0.2) is 0 Å². The fraction of sp³-hybridized carbons (Fsp3) is 0.556. The molecular weight excluding hydrogens is 234 g/mol. The number of rotatable bonds is 5. The predicted molar refractivity (Wildman–Crippen MR) is 50.8 cm³/mol. The Bertz CT molecular complexity index is 378. The summed E-state index contributed by atoms with van der Waals surface area (Å²) in [6.07, 6.45) is -2.86. The molecule has 1 saturated heterocycles. The van der Waals surface area contributed by atoms with Crippen LogP contribution in [0.3, 0.4) is 0 Å². The Labute approximate surface area is 95.4 Å². The van der Waals surface area contributed by atoms with Gasteiger partial charge >= 0.3 is 11.9 Å². The lowest BCUT2D eigenvalue weighted by molar-refractivity contribution is -0.156. The normalized spacial score (nSPS) is 21.7. The molecule has 17 heavy (non-hydrogen) atoms. The third kappa shape index (κ3) is 2.78. The van der Waals surface area contributed by atoms with Gasteiger partial charge < -0.3 is 15.3 Å². The van der Waals surface area contributed by atoms with Crippen molar-refractivity contribution in [1.82, 2.24) is 4.90 Å². The lowest BCUT2D eigenvalue weighted by Gasteiger charge is -2.21. The van der Waals surface area contributed by atoms with E-state index in [1.165, 1.54) is 0 Å². The molecule has 0 radical (unpaired) electrons. The van der Waals surface area contributed by atoms with Gasteiger partial charge in [0.1, 0.15) is 12.1 Å². The van der Waals surface area contributed by atoms with Gasteiger partial charge in [0.05, 0.1) is 6.42 Å². The minimum absolute atomic E-state index is 0.380. The number of carbonyl (C=O) groups is 4. The molecule has 94 valence electrons. The first-order valence-corrected chi connectivity index (χ1v) is 4.83. The zero-order valence-electron chi connectivity index (χ0n) is 8.70. The number of hydrogen-bond donors (Lipinski definition) is 3. The highest BCUT2D eigenvalue weighted by atomic mass is 16.4. The molecular formula is C9H11NO7. The average Bonchev–Trinajstić information content (AvgIpc) is 2.44. The Hall–Kier alpha value is -1.96. The number of nitrogens with zero attached hydrogens (tertiary/aromatic N) is 1. The Morgan fingerprint density at radius 2 is 1.94 bits per heavy atom. The molecule has 8 nitrogen and oxygen atoms in total. The Morgan fingerprint density at radius 3 is 2.29 bits per heavy atom. The molecule has 1 rings (SSSR count). The van der Waals surface area contributed by atoms with E-state index in [4.69, 9.17) is 15.3 Å². The maximum absolute atomic E-state index is 11.4. The number of carboxylic acid groups (broad SMARTS) is 2. The largest absolute Gasteiger partial charge is 0.481 e. The van der Waals surface area contributed by atoms with Crippen LogP contribution in [0.4, 0.5) is 0 Å². The number of hydrogen-bond acceptors (Lipinski definition) is 5. The van der Waals surface area contributed by atoms with Crippen molar-refractivity contribution < 1.29 is 34.5 Å². The van der Waals surface area contributed by atoms with Crippen molar-refractivity contribution in [2.75, 3.05) is 0 Å². The second kappa shape index (κ2) is 4.91. The predicted octanol–water partition coefficient (Wildman–Crippen LogP) is -1.58. The lowest BCUT2D eigenvalue weighted by atomic mass is 10.1. The van der Waals surface area contributed by atoms with Crippen molar-refractivity contribution in [2.24, 2.45) is 0 Å². The van der Waals surface area contributed by atoms with Crippen molar-refractivity contribution in [1.29, 1.82) is 0 Å². The Morgan fingerprint density at radius 1 is 1.35 bits per heavy atom. The van der Waals surface area contributed by atoms with Gasteiger partial charge in [0, 0.05) is 6.42 Å². The maximum Gasteiger partial charge on any atom is 0.326 e. The van der Waals surface area contributed by atoms with Crippen LogP contribution in [-0.2, 0) is 19.2 Å². The zero-order chi connectivity index (χ0) is 13.2. The summed E-state index contributed by atoms with van der Waals surface area (Å²) in [6, 6.07) is -1.54. The van der Waals surface area contributed by atoms with Gasteiger partial charge in [0.25, 0.3) is 5.91 Å². The third-order valence-electron chi connectivity index (χ3n) is 2.39. The fourth-order valence-electron chi connectivity index (χ4n) is 1.59. The van der Waals surface area contributed by atoms with E-state index in [-0.39, 0.29) is 6.42 Å². The smallest absolute Gasteiger partial charge is 0.326 e. The van der Waals surface area contributed by atoms with E-state index >= 15 is 0 Å². The summed E-state index contributed by atoms with van der Waals surface area (Å²) >= 11 is 0. The molecule has 2 amide bonds. The van der Waals surface area contributed by atoms with E-state index in [2.05, 4.69) is 0 Å². The molecule has 0 spiro atoms. The van der Waals surface area contributed by atoms with Gasteiger partial charge in [-0.25, -0.2) is 4.79 Å². The van der Waals surface area contributed by atoms with Crippen LogP contribution in [0, 0.1) is 0 Å². The summed E-state index contributed by atoms with van der Waals surface area (Å²) < 4.78 is 0. The highest BCUT2D eigenvalue weighted by Gasteiger charge is 2.44. The molecule has 3 N–H and O–H groups in total. The van der Waals surface area contributed by atoms with Gasteiger partial charge in [0.2, 0.25) is 5.91 Å². The molecule has 2 unspecified atom stereocenters. The second-order valence-electron chi connectivity index (χ2n) is 3.61. The first-order valence-electron chi connectivity index (χ1n) is 4.83. The van der Waals surface area contributed by atoms with Crippen molar-refractivity contribution >= 4 is 23.8 Å². The number of aliphatic hydroxyl groups is 1. The quantitative estimate of drug-likeness (QED) is 0.498. The van der Waals surface area contributed by atoms with Gasteiger partial charge in [-0.15, -0.1) is 0 Å². The Kier molecular flexibility index (Phi) is 3.79. The van der Waals surface area contributed by atoms with Crippen LogP contribution in [0.5, 0.6) is 0 Å². The topological polar surface area (TPSA) is 132 Å². The molecule has 0 bridgehead atoms. The van der Waals surface area contributed by atoms with Crippen LogP contribution >= 0.6 is 0 Å². The molecule has 0 saturated carbocycles. The van der Waals surface area contributed by atoms with E-state index < -0.39 is 48.7 Å². The zero-order valence-corrected chi connectivity index (χ0v) is 8.70.